The zero-order chi connectivity index (χ0) is 12.5. The van der Waals surface area contributed by atoms with Crippen molar-refractivity contribution in [1.29, 1.82) is 0 Å². The highest BCUT2D eigenvalue weighted by Gasteiger charge is 2.39. The number of carbonyl (C=O) groups is 1. The number of hydrogen-bond acceptors (Lipinski definition) is 4. The summed E-state index contributed by atoms with van der Waals surface area (Å²) in [6, 6.07) is 2.66. The predicted molar refractivity (Wildman–Crippen MR) is 61.2 cm³/mol. The van der Waals surface area contributed by atoms with Crippen molar-refractivity contribution in [3.05, 3.63) is 17.9 Å². The summed E-state index contributed by atoms with van der Waals surface area (Å²) in [5.41, 5.74) is 0. The third-order valence-corrected chi connectivity index (χ3v) is 4.23. The topological polar surface area (TPSA) is 76.4 Å². The highest BCUT2D eigenvalue weighted by molar-refractivity contribution is 7.89. The Morgan fingerprint density at radius 3 is 2.88 bits per heavy atom. The quantitative estimate of drug-likeness (QED) is 0.785. The van der Waals surface area contributed by atoms with Crippen LogP contribution >= 0.6 is 0 Å². The van der Waals surface area contributed by atoms with E-state index in [1.54, 1.807) is 0 Å². The summed E-state index contributed by atoms with van der Waals surface area (Å²) >= 11 is 0. The second-order valence-electron chi connectivity index (χ2n) is 4.29. The van der Waals surface area contributed by atoms with Gasteiger partial charge in [-0.2, -0.15) is 0 Å². The minimum absolute atomic E-state index is 0.0183. The summed E-state index contributed by atoms with van der Waals surface area (Å²) in [4.78, 5) is 10.4. The Hall–Kier alpha value is -1.14. The minimum atomic E-state index is -3.61. The highest BCUT2D eigenvalue weighted by Crippen LogP contribution is 2.35. The number of carbonyl (C=O) groups excluding carboxylic acids is 1. The summed E-state index contributed by atoms with van der Waals surface area (Å²) in [6.45, 7) is 2.08. The molecule has 5 nitrogen and oxygen atoms in total. The second kappa shape index (κ2) is 4.62. The van der Waals surface area contributed by atoms with Gasteiger partial charge < -0.3 is 4.42 Å². The van der Waals surface area contributed by atoms with Gasteiger partial charge in [-0.1, -0.05) is 13.3 Å². The molecule has 2 unspecified atom stereocenters. The SMILES string of the molecule is CCCC1CC1NS(=O)(=O)c1ccc(C=O)o1. The lowest BCUT2D eigenvalue weighted by Crippen LogP contribution is -2.26. The summed E-state index contributed by atoms with van der Waals surface area (Å²) in [7, 11) is -3.61. The van der Waals surface area contributed by atoms with Crippen LogP contribution in [0.2, 0.25) is 0 Å². The van der Waals surface area contributed by atoms with Crippen LogP contribution in [-0.2, 0) is 10.0 Å². The summed E-state index contributed by atoms with van der Waals surface area (Å²) in [5.74, 6) is 0.460. The van der Waals surface area contributed by atoms with Crippen molar-refractivity contribution in [2.75, 3.05) is 0 Å². The van der Waals surface area contributed by atoms with Crippen LogP contribution < -0.4 is 4.72 Å². The van der Waals surface area contributed by atoms with Gasteiger partial charge in [0, 0.05) is 6.04 Å². The Morgan fingerprint density at radius 1 is 1.53 bits per heavy atom. The van der Waals surface area contributed by atoms with E-state index < -0.39 is 10.0 Å². The van der Waals surface area contributed by atoms with E-state index in [0.29, 0.717) is 12.2 Å². The van der Waals surface area contributed by atoms with Crippen molar-refractivity contribution in [1.82, 2.24) is 4.72 Å². The van der Waals surface area contributed by atoms with Gasteiger partial charge in [-0.15, -0.1) is 0 Å². The molecule has 94 valence electrons. The molecule has 0 saturated heterocycles. The van der Waals surface area contributed by atoms with Gasteiger partial charge in [0.05, 0.1) is 0 Å². The fourth-order valence-electron chi connectivity index (χ4n) is 1.88. The Kier molecular flexibility index (Phi) is 3.35. The minimum Gasteiger partial charge on any atom is -0.440 e. The Labute approximate surface area is 100 Å². The van der Waals surface area contributed by atoms with Crippen LogP contribution in [0.4, 0.5) is 0 Å². The van der Waals surface area contributed by atoms with E-state index in [2.05, 4.69) is 11.6 Å². The molecule has 1 saturated carbocycles. The number of sulfonamides is 1. The Bertz CT molecular complexity index is 505. The summed E-state index contributed by atoms with van der Waals surface area (Å²) < 4.78 is 31.2. The van der Waals surface area contributed by atoms with E-state index in [1.807, 2.05) is 0 Å². The lowest BCUT2D eigenvalue weighted by molar-refractivity contribution is 0.109. The Balaban J connectivity index is 2.02. The van der Waals surface area contributed by atoms with Crippen molar-refractivity contribution >= 4 is 16.3 Å². The van der Waals surface area contributed by atoms with E-state index in [9.17, 15) is 13.2 Å². The summed E-state index contributed by atoms with van der Waals surface area (Å²) in [6.07, 6.45) is 3.45. The molecule has 1 N–H and O–H groups in total. The standard InChI is InChI=1S/C11H15NO4S/c1-2-3-8-6-10(8)12-17(14,15)11-5-4-9(7-13)16-11/h4-5,7-8,10,12H,2-3,6H2,1H3. The average Bonchev–Trinajstić information content (AvgIpc) is 2.84. The molecule has 1 aliphatic rings. The highest BCUT2D eigenvalue weighted by atomic mass is 32.2. The largest absolute Gasteiger partial charge is 0.440 e. The van der Waals surface area contributed by atoms with Gasteiger partial charge in [0.15, 0.2) is 12.0 Å². The Morgan fingerprint density at radius 2 is 2.29 bits per heavy atom. The molecule has 0 amide bonds. The maximum Gasteiger partial charge on any atom is 0.274 e. The van der Waals surface area contributed by atoms with E-state index in [0.717, 1.165) is 19.3 Å². The molecule has 0 aromatic carbocycles. The van der Waals surface area contributed by atoms with Gasteiger partial charge in [-0.25, -0.2) is 13.1 Å². The molecule has 2 atom stereocenters. The van der Waals surface area contributed by atoms with Crippen LogP contribution in [0, 0.1) is 5.92 Å². The monoisotopic (exact) mass is 257 g/mol. The van der Waals surface area contributed by atoms with Crippen molar-refractivity contribution in [3.8, 4) is 0 Å². The van der Waals surface area contributed by atoms with Gasteiger partial charge >= 0.3 is 0 Å². The first-order valence-electron chi connectivity index (χ1n) is 5.64. The fourth-order valence-corrected chi connectivity index (χ4v) is 3.14. The van der Waals surface area contributed by atoms with Crippen LogP contribution in [0.25, 0.3) is 0 Å². The van der Waals surface area contributed by atoms with Crippen LogP contribution in [0.5, 0.6) is 0 Å². The molecule has 1 heterocycles. The molecule has 1 fully saturated rings. The van der Waals surface area contributed by atoms with Gasteiger partial charge in [-0.05, 0) is 30.9 Å². The lowest BCUT2D eigenvalue weighted by atomic mass is 10.2. The number of rotatable bonds is 6. The molecule has 0 aliphatic heterocycles. The van der Waals surface area contributed by atoms with E-state index >= 15 is 0 Å². The molecule has 2 rings (SSSR count). The van der Waals surface area contributed by atoms with Gasteiger partial charge in [0.2, 0.25) is 5.09 Å². The van der Waals surface area contributed by atoms with E-state index in [1.165, 1.54) is 12.1 Å². The van der Waals surface area contributed by atoms with Crippen LogP contribution in [0.15, 0.2) is 21.6 Å². The maximum atomic E-state index is 11.8. The first kappa shape index (κ1) is 12.3. The molecular formula is C11H15NO4S. The zero-order valence-electron chi connectivity index (χ0n) is 9.55. The second-order valence-corrected chi connectivity index (χ2v) is 5.93. The lowest BCUT2D eigenvalue weighted by Gasteiger charge is -2.02. The van der Waals surface area contributed by atoms with Gasteiger partial charge in [0.1, 0.15) is 0 Å². The smallest absolute Gasteiger partial charge is 0.274 e. The summed E-state index contributed by atoms with van der Waals surface area (Å²) in [5, 5.41) is -0.193. The third kappa shape index (κ3) is 2.76. The van der Waals surface area contributed by atoms with E-state index in [-0.39, 0.29) is 16.9 Å². The van der Waals surface area contributed by atoms with Crippen LogP contribution in [0.3, 0.4) is 0 Å². The fraction of sp³-hybridized carbons (Fsp3) is 0.545. The van der Waals surface area contributed by atoms with Gasteiger partial charge in [0.25, 0.3) is 10.0 Å². The molecular weight excluding hydrogens is 242 g/mol. The normalized spacial score (nSPS) is 23.6. The van der Waals surface area contributed by atoms with Crippen LogP contribution in [0.1, 0.15) is 36.7 Å². The van der Waals surface area contributed by atoms with Crippen molar-refractivity contribution in [3.63, 3.8) is 0 Å². The van der Waals surface area contributed by atoms with Crippen LogP contribution in [-0.4, -0.2) is 20.7 Å². The first-order chi connectivity index (χ1) is 8.06. The molecule has 1 aromatic heterocycles. The number of nitrogens with one attached hydrogen (secondary N) is 1. The molecule has 0 bridgehead atoms. The molecule has 1 aromatic rings. The van der Waals surface area contributed by atoms with E-state index in [4.69, 9.17) is 4.42 Å². The molecule has 1 aliphatic carbocycles. The molecule has 0 radical (unpaired) electrons. The maximum absolute atomic E-state index is 11.8. The third-order valence-electron chi connectivity index (χ3n) is 2.87. The number of aldehydes is 1. The first-order valence-corrected chi connectivity index (χ1v) is 7.12. The molecule has 0 spiro atoms. The number of furan rings is 1. The molecule has 6 heteroatoms. The molecule has 17 heavy (non-hydrogen) atoms. The average molecular weight is 257 g/mol. The van der Waals surface area contributed by atoms with Gasteiger partial charge in [-0.3, -0.25) is 4.79 Å². The number of hydrogen-bond donors (Lipinski definition) is 1. The predicted octanol–water partition coefficient (Wildman–Crippen LogP) is 1.56. The zero-order valence-corrected chi connectivity index (χ0v) is 10.4. The van der Waals surface area contributed by atoms with Crippen molar-refractivity contribution in [2.24, 2.45) is 5.92 Å². The van der Waals surface area contributed by atoms with Crippen molar-refractivity contribution in [2.45, 2.75) is 37.3 Å². The van der Waals surface area contributed by atoms with Crippen molar-refractivity contribution < 1.29 is 17.6 Å².